The topological polar surface area (TPSA) is 41.1 Å². The van der Waals surface area contributed by atoms with Gasteiger partial charge in [0.2, 0.25) is 5.91 Å². The number of rotatable bonds is 2. The van der Waals surface area contributed by atoms with Crippen LogP contribution >= 0.6 is 0 Å². The van der Waals surface area contributed by atoms with Crippen molar-refractivity contribution >= 4 is 5.91 Å². The van der Waals surface area contributed by atoms with E-state index in [0.717, 1.165) is 13.0 Å². The maximum atomic E-state index is 12.9. The molecule has 1 aliphatic carbocycles. The molecule has 80 valence electrons. The van der Waals surface area contributed by atoms with Gasteiger partial charge in [0.1, 0.15) is 6.17 Å². The molecule has 3 nitrogen and oxygen atoms in total. The predicted molar refractivity (Wildman–Crippen MR) is 51.6 cm³/mol. The molecule has 14 heavy (non-hydrogen) atoms. The standard InChI is InChI=1S/C10H17FN2O/c1-6-7(3-4-12-6)13-9(14)10(2)5-8(10)11/h6-8,12H,3-5H2,1-2H3,(H,13,14). The van der Waals surface area contributed by atoms with Crippen molar-refractivity contribution in [2.45, 2.75) is 44.9 Å². The Morgan fingerprint density at radius 2 is 2.29 bits per heavy atom. The highest BCUT2D eigenvalue weighted by molar-refractivity contribution is 5.86. The van der Waals surface area contributed by atoms with Gasteiger partial charge in [-0.1, -0.05) is 0 Å². The van der Waals surface area contributed by atoms with E-state index in [1.807, 2.05) is 6.92 Å². The van der Waals surface area contributed by atoms with Gasteiger partial charge in [-0.25, -0.2) is 4.39 Å². The summed E-state index contributed by atoms with van der Waals surface area (Å²) in [6.07, 6.45) is 0.389. The number of halogens is 1. The van der Waals surface area contributed by atoms with E-state index >= 15 is 0 Å². The Balaban J connectivity index is 1.89. The molecule has 1 aliphatic heterocycles. The van der Waals surface area contributed by atoms with Crippen molar-refractivity contribution in [3.05, 3.63) is 0 Å². The summed E-state index contributed by atoms with van der Waals surface area (Å²) in [5.74, 6) is -0.120. The number of carbonyl (C=O) groups excluding carboxylic acids is 1. The average Bonchev–Trinajstić information content (AvgIpc) is 2.55. The van der Waals surface area contributed by atoms with Crippen LogP contribution in [0.4, 0.5) is 4.39 Å². The molecule has 2 fully saturated rings. The molecule has 0 aromatic rings. The molecule has 0 bridgehead atoms. The Hall–Kier alpha value is -0.640. The van der Waals surface area contributed by atoms with Crippen LogP contribution in [0.2, 0.25) is 0 Å². The first kappa shape index (κ1) is 9.90. The monoisotopic (exact) mass is 200 g/mol. The van der Waals surface area contributed by atoms with Crippen LogP contribution in [0, 0.1) is 5.41 Å². The number of carbonyl (C=O) groups is 1. The van der Waals surface area contributed by atoms with Crippen molar-refractivity contribution < 1.29 is 9.18 Å². The van der Waals surface area contributed by atoms with Crippen LogP contribution in [0.1, 0.15) is 26.7 Å². The molecule has 1 saturated carbocycles. The minimum Gasteiger partial charge on any atom is -0.351 e. The Bertz CT molecular complexity index is 259. The summed E-state index contributed by atoms with van der Waals surface area (Å²) in [6.45, 7) is 4.67. The number of amides is 1. The van der Waals surface area contributed by atoms with Gasteiger partial charge in [0.05, 0.1) is 5.41 Å². The number of alkyl halides is 1. The van der Waals surface area contributed by atoms with Crippen molar-refractivity contribution in [2.24, 2.45) is 5.41 Å². The molecule has 2 N–H and O–H groups in total. The van der Waals surface area contributed by atoms with Crippen molar-refractivity contribution in [3.8, 4) is 0 Å². The smallest absolute Gasteiger partial charge is 0.229 e. The van der Waals surface area contributed by atoms with Gasteiger partial charge in [0.25, 0.3) is 0 Å². The quantitative estimate of drug-likeness (QED) is 0.685. The summed E-state index contributed by atoms with van der Waals surface area (Å²) in [5, 5.41) is 6.17. The minimum absolute atomic E-state index is 0.120. The molecule has 0 spiro atoms. The fourth-order valence-electron chi connectivity index (χ4n) is 1.94. The van der Waals surface area contributed by atoms with Crippen molar-refractivity contribution in [1.82, 2.24) is 10.6 Å². The van der Waals surface area contributed by atoms with Crippen LogP contribution in [0.5, 0.6) is 0 Å². The van der Waals surface area contributed by atoms with Gasteiger partial charge in [0, 0.05) is 12.1 Å². The Morgan fingerprint density at radius 3 is 2.71 bits per heavy atom. The van der Waals surface area contributed by atoms with Gasteiger partial charge in [-0.3, -0.25) is 4.79 Å². The first-order chi connectivity index (χ1) is 6.54. The molecule has 4 unspecified atom stereocenters. The molecule has 4 heteroatoms. The summed E-state index contributed by atoms with van der Waals surface area (Å²) in [4.78, 5) is 11.7. The van der Waals surface area contributed by atoms with Crippen molar-refractivity contribution in [1.29, 1.82) is 0 Å². The molecule has 1 amide bonds. The van der Waals surface area contributed by atoms with Crippen LogP contribution < -0.4 is 10.6 Å². The summed E-state index contributed by atoms with van der Waals surface area (Å²) in [7, 11) is 0. The first-order valence-electron chi connectivity index (χ1n) is 5.22. The largest absolute Gasteiger partial charge is 0.351 e. The third kappa shape index (κ3) is 1.52. The van der Waals surface area contributed by atoms with E-state index < -0.39 is 11.6 Å². The average molecular weight is 200 g/mol. The second kappa shape index (κ2) is 3.19. The van der Waals surface area contributed by atoms with E-state index in [2.05, 4.69) is 10.6 Å². The lowest BCUT2D eigenvalue weighted by Crippen LogP contribution is -2.45. The zero-order valence-electron chi connectivity index (χ0n) is 8.64. The fourth-order valence-corrected chi connectivity index (χ4v) is 1.94. The molecule has 0 aromatic carbocycles. The molecule has 0 aromatic heterocycles. The van der Waals surface area contributed by atoms with Crippen LogP contribution in [-0.4, -0.2) is 30.7 Å². The van der Waals surface area contributed by atoms with E-state index in [1.165, 1.54) is 0 Å². The minimum atomic E-state index is -0.938. The summed E-state index contributed by atoms with van der Waals surface area (Å²) < 4.78 is 12.9. The molecule has 2 rings (SSSR count). The fraction of sp³-hybridized carbons (Fsp3) is 0.900. The maximum absolute atomic E-state index is 12.9. The van der Waals surface area contributed by atoms with Gasteiger partial charge >= 0.3 is 0 Å². The predicted octanol–water partition coefficient (Wildman–Crippen LogP) is 0.601. The second-order valence-electron chi connectivity index (χ2n) is 4.70. The van der Waals surface area contributed by atoms with Gasteiger partial charge in [-0.15, -0.1) is 0 Å². The maximum Gasteiger partial charge on any atom is 0.229 e. The Labute approximate surface area is 83.4 Å². The van der Waals surface area contributed by atoms with Crippen molar-refractivity contribution in [2.75, 3.05) is 6.54 Å². The molecule has 1 saturated heterocycles. The molecular formula is C10H17FN2O. The Kier molecular flexibility index (Phi) is 2.26. The third-order valence-corrected chi connectivity index (χ3v) is 3.49. The summed E-state index contributed by atoms with van der Waals surface area (Å²) in [6, 6.07) is 0.478. The van der Waals surface area contributed by atoms with Crippen LogP contribution in [0.15, 0.2) is 0 Å². The van der Waals surface area contributed by atoms with E-state index in [-0.39, 0.29) is 11.9 Å². The molecule has 4 atom stereocenters. The van der Waals surface area contributed by atoms with Crippen LogP contribution in [-0.2, 0) is 4.79 Å². The molecule has 1 heterocycles. The molecule has 2 aliphatic rings. The van der Waals surface area contributed by atoms with Crippen LogP contribution in [0.25, 0.3) is 0 Å². The lowest BCUT2D eigenvalue weighted by atomic mass is 10.1. The van der Waals surface area contributed by atoms with E-state index in [9.17, 15) is 9.18 Å². The van der Waals surface area contributed by atoms with Gasteiger partial charge in [-0.05, 0) is 33.2 Å². The molecule has 0 radical (unpaired) electrons. The lowest BCUT2D eigenvalue weighted by molar-refractivity contribution is -0.127. The second-order valence-corrected chi connectivity index (χ2v) is 4.70. The highest BCUT2D eigenvalue weighted by Crippen LogP contribution is 2.48. The lowest BCUT2D eigenvalue weighted by Gasteiger charge is -2.19. The van der Waals surface area contributed by atoms with Gasteiger partial charge in [-0.2, -0.15) is 0 Å². The van der Waals surface area contributed by atoms with Gasteiger partial charge in [0.15, 0.2) is 0 Å². The van der Waals surface area contributed by atoms with E-state index in [1.54, 1.807) is 6.92 Å². The number of hydrogen-bond acceptors (Lipinski definition) is 2. The van der Waals surface area contributed by atoms with Crippen LogP contribution in [0.3, 0.4) is 0 Å². The number of hydrogen-bond donors (Lipinski definition) is 2. The summed E-state index contributed by atoms with van der Waals surface area (Å²) >= 11 is 0. The SMILES string of the molecule is CC1NCCC1NC(=O)C1(C)CC1F. The third-order valence-electron chi connectivity index (χ3n) is 3.49. The van der Waals surface area contributed by atoms with E-state index in [0.29, 0.717) is 12.5 Å². The first-order valence-corrected chi connectivity index (χ1v) is 5.22. The summed E-state index contributed by atoms with van der Waals surface area (Å²) in [5.41, 5.74) is -0.734. The van der Waals surface area contributed by atoms with E-state index in [4.69, 9.17) is 0 Å². The normalized spacial score (nSPS) is 46.4. The zero-order valence-corrected chi connectivity index (χ0v) is 8.64. The van der Waals surface area contributed by atoms with Gasteiger partial charge < -0.3 is 10.6 Å². The Morgan fingerprint density at radius 1 is 1.64 bits per heavy atom. The number of nitrogens with one attached hydrogen (secondary N) is 2. The van der Waals surface area contributed by atoms with Crippen molar-refractivity contribution in [3.63, 3.8) is 0 Å². The molecular weight excluding hydrogens is 183 g/mol. The highest BCUT2D eigenvalue weighted by Gasteiger charge is 2.57. The highest BCUT2D eigenvalue weighted by atomic mass is 19.1. The zero-order chi connectivity index (χ0) is 10.3.